The highest BCUT2D eigenvalue weighted by Crippen LogP contribution is 2.28. The van der Waals surface area contributed by atoms with Crippen molar-refractivity contribution in [2.75, 3.05) is 6.61 Å². The number of hydrogen-bond acceptors (Lipinski definition) is 3. The van der Waals surface area contributed by atoms with E-state index in [2.05, 4.69) is 0 Å². The summed E-state index contributed by atoms with van der Waals surface area (Å²) in [5.41, 5.74) is 0.132. The van der Waals surface area contributed by atoms with Crippen molar-refractivity contribution in [3.63, 3.8) is 0 Å². The lowest BCUT2D eigenvalue weighted by molar-refractivity contribution is -0.129. The van der Waals surface area contributed by atoms with Crippen molar-refractivity contribution in [3.05, 3.63) is 34.9 Å². The van der Waals surface area contributed by atoms with Gasteiger partial charge in [0.25, 0.3) is 0 Å². The molecule has 1 rings (SSSR count). The van der Waals surface area contributed by atoms with Crippen molar-refractivity contribution in [2.45, 2.75) is 38.6 Å². The van der Waals surface area contributed by atoms with Crippen LogP contribution < -0.4 is 0 Å². The van der Waals surface area contributed by atoms with Gasteiger partial charge in [-0.2, -0.15) is 0 Å². The summed E-state index contributed by atoms with van der Waals surface area (Å²) >= 11 is 5.99. The lowest BCUT2D eigenvalue weighted by atomic mass is 10.0. The van der Waals surface area contributed by atoms with Gasteiger partial charge in [-0.25, -0.2) is 0 Å². The first-order chi connectivity index (χ1) is 7.85. The van der Waals surface area contributed by atoms with Crippen LogP contribution in [0.25, 0.3) is 0 Å². The molecule has 0 radical (unpaired) electrons. The second-order valence-corrected chi connectivity index (χ2v) is 5.32. The molecule has 0 saturated carbocycles. The molecule has 2 atom stereocenters. The molecule has 17 heavy (non-hydrogen) atoms. The van der Waals surface area contributed by atoms with Gasteiger partial charge in [-0.05, 0) is 26.8 Å². The van der Waals surface area contributed by atoms with Crippen LogP contribution in [0.3, 0.4) is 0 Å². The van der Waals surface area contributed by atoms with Crippen molar-refractivity contribution >= 4 is 11.6 Å². The topological polar surface area (TPSA) is 49.7 Å². The Morgan fingerprint density at radius 2 is 1.88 bits per heavy atom. The zero-order chi connectivity index (χ0) is 13.1. The zero-order valence-corrected chi connectivity index (χ0v) is 11.1. The molecule has 1 aromatic rings. The third-order valence-electron chi connectivity index (χ3n) is 2.26. The van der Waals surface area contributed by atoms with Gasteiger partial charge in [0.1, 0.15) is 12.2 Å². The van der Waals surface area contributed by atoms with Gasteiger partial charge in [-0.1, -0.05) is 29.8 Å². The summed E-state index contributed by atoms with van der Waals surface area (Å²) in [5, 5.41) is 19.9. The maximum absolute atomic E-state index is 10.2. The molecule has 2 N–H and O–H groups in total. The highest BCUT2D eigenvalue weighted by atomic mass is 35.5. The molecule has 1 aromatic carbocycles. The van der Waals surface area contributed by atoms with E-state index in [4.69, 9.17) is 16.3 Å². The molecule has 0 aliphatic rings. The normalized spacial score (nSPS) is 15.6. The van der Waals surface area contributed by atoms with Crippen molar-refractivity contribution in [3.8, 4) is 0 Å². The molecule has 0 spiro atoms. The van der Waals surface area contributed by atoms with E-state index in [1.54, 1.807) is 24.3 Å². The number of rotatable bonds is 4. The minimum atomic E-state index is -0.937. The van der Waals surface area contributed by atoms with Crippen molar-refractivity contribution < 1.29 is 14.9 Å². The minimum absolute atomic E-state index is 0.260. The third kappa shape index (κ3) is 4.28. The smallest absolute Gasteiger partial charge is 0.111 e. The Kier molecular flexibility index (Phi) is 4.95. The zero-order valence-electron chi connectivity index (χ0n) is 10.4. The summed E-state index contributed by atoms with van der Waals surface area (Å²) < 4.78 is 5.60. The average molecular weight is 259 g/mol. The monoisotopic (exact) mass is 258 g/mol. The maximum Gasteiger partial charge on any atom is 0.111 e. The quantitative estimate of drug-likeness (QED) is 0.873. The van der Waals surface area contributed by atoms with Crippen LogP contribution in [0.2, 0.25) is 5.02 Å². The highest BCUT2D eigenvalue weighted by Gasteiger charge is 2.27. The number of hydrogen-bond donors (Lipinski definition) is 2. The predicted molar refractivity (Wildman–Crippen MR) is 68.1 cm³/mol. The molecular weight excluding hydrogens is 240 g/mol. The van der Waals surface area contributed by atoms with Crippen LogP contribution >= 0.6 is 11.6 Å². The van der Waals surface area contributed by atoms with E-state index in [0.29, 0.717) is 10.6 Å². The van der Waals surface area contributed by atoms with Crippen LogP contribution in [0.4, 0.5) is 0 Å². The Bertz CT molecular complexity index is 360. The fraction of sp³-hybridized carbons (Fsp3) is 0.538. The lowest BCUT2D eigenvalue weighted by Gasteiger charge is -2.30. The van der Waals surface area contributed by atoms with Crippen molar-refractivity contribution in [1.82, 2.24) is 0 Å². The molecule has 4 heteroatoms. The van der Waals surface area contributed by atoms with Gasteiger partial charge in [-0.3, -0.25) is 0 Å². The van der Waals surface area contributed by atoms with E-state index in [1.807, 2.05) is 20.8 Å². The Labute approximate surface area is 107 Å². The molecular formula is C13H19ClO3. The molecule has 0 aromatic heterocycles. The Hall–Kier alpha value is -0.610. The predicted octanol–water partition coefficient (Wildman–Crippen LogP) is 2.55. The van der Waals surface area contributed by atoms with E-state index in [1.165, 1.54) is 0 Å². The standard InChI is InChI=1S/C13H19ClO3/c1-13(2,3)17-11(8-15)12(16)9-6-4-5-7-10(9)14/h4-7,11-12,15-16H,8H2,1-3H3. The molecule has 0 fully saturated rings. The van der Waals surface area contributed by atoms with Crippen LogP contribution in [0.1, 0.15) is 32.4 Å². The molecule has 0 saturated heterocycles. The van der Waals surface area contributed by atoms with Crippen LogP contribution in [0, 0.1) is 0 Å². The van der Waals surface area contributed by atoms with E-state index >= 15 is 0 Å². The SMILES string of the molecule is CC(C)(C)OC(CO)C(O)c1ccccc1Cl. The fourth-order valence-electron chi connectivity index (χ4n) is 1.57. The average Bonchev–Trinajstić information content (AvgIpc) is 2.24. The second kappa shape index (κ2) is 5.83. The molecule has 0 heterocycles. The van der Waals surface area contributed by atoms with E-state index in [0.717, 1.165) is 0 Å². The molecule has 0 aliphatic carbocycles. The van der Waals surface area contributed by atoms with E-state index in [9.17, 15) is 10.2 Å². The fourth-order valence-corrected chi connectivity index (χ4v) is 1.82. The molecule has 3 nitrogen and oxygen atoms in total. The van der Waals surface area contributed by atoms with Crippen LogP contribution in [0.15, 0.2) is 24.3 Å². The van der Waals surface area contributed by atoms with Crippen LogP contribution in [0.5, 0.6) is 0 Å². The summed E-state index contributed by atoms with van der Waals surface area (Å²) in [6.07, 6.45) is -1.62. The lowest BCUT2D eigenvalue weighted by Crippen LogP contribution is -2.34. The van der Waals surface area contributed by atoms with Gasteiger partial charge in [0, 0.05) is 10.6 Å². The first-order valence-electron chi connectivity index (χ1n) is 5.56. The van der Waals surface area contributed by atoms with Gasteiger partial charge in [0.05, 0.1) is 12.2 Å². The first-order valence-corrected chi connectivity index (χ1v) is 5.94. The number of benzene rings is 1. The second-order valence-electron chi connectivity index (χ2n) is 4.92. The van der Waals surface area contributed by atoms with Gasteiger partial charge in [0.2, 0.25) is 0 Å². The largest absolute Gasteiger partial charge is 0.394 e. The number of aliphatic hydroxyl groups excluding tert-OH is 2. The molecule has 2 unspecified atom stereocenters. The maximum atomic E-state index is 10.2. The summed E-state index contributed by atoms with van der Waals surface area (Å²) in [6, 6.07) is 7.00. The van der Waals surface area contributed by atoms with E-state index in [-0.39, 0.29) is 6.61 Å². The summed E-state index contributed by atoms with van der Waals surface area (Å²) in [6.45, 7) is 5.35. The van der Waals surface area contributed by atoms with Crippen LogP contribution in [-0.4, -0.2) is 28.5 Å². The Morgan fingerprint density at radius 3 is 2.35 bits per heavy atom. The third-order valence-corrected chi connectivity index (χ3v) is 2.61. The Morgan fingerprint density at radius 1 is 1.29 bits per heavy atom. The van der Waals surface area contributed by atoms with Gasteiger partial charge in [-0.15, -0.1) is 0 Å². The van der Waals surface area contributed by atoms with Crippen LogP contribution in [-0.2, 0) is 4.74 Å². The molecule has 0 aliphatic heterocycles. The van der Waals surface area contributed by atoms with Crippen molar-refractivity contribution in [1.29, 1.82) is 0 Å². The number of aliphatic hydroxyl groups is 2. The number of halogens is 1. The van der Waals surface area contributed by atoms with Gasteiger partial charge in [0.15, 0.2) is 0 Å². The molecule has 0 amide bonds. The van der Waals surface area contributed by atoms with Gasteiger partial charge >= 0.3 is 0 Å². The van der Waals surface area contributed by atoms with E-state index < -0.39 is 17.8 Å². The summed E-state index contributed by atoms with van der Waals surface area (Å²) in [5.74, 6) is 0. The molecule has 96 valence electrons. The number of ether oxygens (including phenoxy) is 1. The minimum Gasteiger partial charge on any atom is -0.394 e. The van der Waals surface area contributed by atoms with Crippen molar-refractivity contribution in [2.24, 2.45) is 0 Å². The Balaban J connectivity index is 2.87. The summed E-state index contributed by atoms with van der Waals surface area (Å²) in [7, 11) is 0. The molecule has 0 bridgehead atoms. The summed E-state index contributed by atoms with van der Waals surface area (Å²) in [4.78, 5) is 0. The highest BCUT2D eigenvalue weighted by molar-refractivity contribution is 6.31. The first kappa shape index (κ1) is 14.5. The van der Waals surface area contributed by atoms with Gasteiger partial charge < -0.3 is 14.9 Å².